The van der Waals surface area contributed by atoms with E-state index in [0.29, 0.717) is 11.5 Å². The Morgan fingerprint density at radius 1 is 0.966 bits per heavy atom. The number of benzene rings is 2. The molecule has 148 valence electrons. The molecule has 0 aliphatic carbocycles. The molecule has 1 N–H and O–H groups in total. The third-order valence-corrected chi connectivity index (χ3v) is 5.08. The van der Waals surface area contributed by atoms with Gasteiger partial charge in [-0.3, -0.25) is 9.69 Å². The van der Waals surface area contributed by atoms with Crippen LogP contribution in [-0.4, -0.2) is 51.9 Å². The number of nitrogens with zero attached hydrogens (tertiary/aromatic N) is 4. The Balaban J connectivity index is 1.32. The molecule has 1 saturated heterocycles. The molecule has 6 nitrogen and oxygen atoms in total. The van der Waals surface area contributed by atoms with Gasteiger partial charge in [0.25, 0.3) is 5.91 Å². The maximum Gasteiger partial charge on any atom is 0.257 e. The Bertz CT molecular complexity index is 951. The van der Waals surface area contributed by atoms with E-state index in [1.54, 1.807) is 12.4 Å². The number of anilines is 2. The summed E-state index contributed by atoms with van der Waals surface area (Å²) in [5, 5.41) is 3.17. The first-order valence-electron chi connectivity index (χ1n) is 9.89. The number of nitrogens with one attached hydrogen (secondary N) is 1. The molecule has 2 heterocycles. The first-order valence-corrected chi connectivity index (χ1v) is 9.89. The molecule has 0 saturated carbocycles. The van der Waals surface area contributed by atoms with Crippen LogP contribution in [0.25, 0.3) is 0 Å². The molecule has 6 heteroatoms. The van der Waals surface area contributed by atoms with Crippen molar-refractivity contribution < 1.29 is 4.79 Å². The van der Waals surface area contributed by atoms with Crippen LogP contribution in [0.3, 0.4) is 0 Å². The molecule has 0 spiro atoms. The van der Waals surface area contributed by atoms with Crippen LogP contribution in [0.15, 0.2) is 67.0 Å². The summed E-state index contributed by atoms with van der Waals surface area (Å²) < 4.78 is 0. The zero-order chi connectivity index (χ0) is 20.1. The molecule has 1 amide bonds. The summed E-state index contributed by atoms with van der Waals surface area (Å²) >= 11 is 0. The quantitative estimate of drug-likeness (QED) is 0.726. The normalized spacial score (nSPS) is 14.6. The highest BCUT2D eigenvalue weighted by Crippen LogP contribution is 2.15. The van der Waals surface area contributed by atoms with Crippen molar-refractivity contribution in [2.45, 2.75) is 13.5 Å². The van der Waals surface area contributed by atoms with E-state index in [-0.39, 0.29) is 5.91 Å². The van der Waals surface area contributed by atoms with E-state index < -0.39 is 0 Å². The molecule has 1 aliphatic heterocycles. The number of hydrogen-bond donors (Lipinski definition) is 1. The first kappa shape index (κ1) is 19.1. The number of carbonyl (C=O) groups excluding carboxylic acids is 1. The van der Waals surface area contributed by atoms with Crippen molar-refractivity contribution in [2.24, 2.45) is 0 Å². The lowest BCUT2D eigenvalue weighted by atomic mass is 10.2. The Labute approximate surface area is 171 Å². The predicted molar refractivity (Wildman–Crippen MR) is 114 cm³/mol. The number of aromatic nitrogens is 2. The van der Waals surface area contributed by atoms with Crippen molar-refractivity contribution in [3.05, 3.63) is 83.7 Å². The minimum absolute atomic E-state index is 0.00790. The highest BCUT2D eigenvalue weighted by Gasteiger charge is 2.22. The fraction of sp³-hybridized carbons (Fsp3) is 0.261. The van der Waals surface area contributed by atoms with Crippen LogP contribution in [0.5, 0.6) is 0 Å². The van der Waals surface area contributed by atoms with Crippen LogP contribution in [0.2, 0.25) is 0 Å². The van der Waals surface area contributed by atoms with E-state index in [1.165, 1.54) is 5.56 Å². The van der Waals surface area contributed by atoms with Gasteiger partial charge in [-0.1, -0.05) is 42.5 Å². The topological polar surface area (TPSA) is 61.4 Å². The summed E-state index contributed by atoms with van der Waals surface area (Å²) in [4.78, 5) is 25.7. The number of amides is 1. The second-order valence-electron chi connectivity index (χ2n) is 7.34. The summed E-state index contributed by atoms with van der Waals surface area (Å²) in [5.74, 6) is 0.478. The van der Waals surface area contributed by atoms with Gasteiger partial charge in [-0.25, -0.2) is 9.97 Å². The largest absolute Gasteiger partial charge is 0.336 e. The van der Waals surface area contributed by atoms with Crippen molar-refractivity contribution in [3.63, 3.8) is 0 Å². The van der Waals surface area contributed by atoms with Gasteiger partial charge in [0.2, 0.25) is 5.95 Å². The molecule has 0 atom stereocenters. The predicted octanol–water partition coefficient (Wildman–Crippen LogP) is 3.49. The van der Waals surface area contributed by atoms with Crippen molar-refractivity contribution in [1.82, 2.24) is 19.8 Å². The van der Waals surface area contributed by atoms with Crippen LogP contribution in [0.1, 0.15) is 21.5 Å². The van der Waals surface area contributed by atoms with Crippen molar-refractivity contribution in [1.29, 1.82) is 0 Å². The van der Waals surface area contributed by atoms with Gasteiger partial charge in [-0.05, 0) is 30.2 Å². The number of aryl methyl sites for hydroxylation is 1. The molecule has 0 bridgehead atoms. The molecule has 1 aromatic heterocycles. The molecule has 0 unspecified atom stereocenters. The molecule has 4 rings (SSSR count). The van der Waals surface area contributed by atoms with Crippen LogP contribution in [0.4, 0.5) is 11.6 Å². The average Bonchev–Trinajstić information content (AvgIpc) is 2.75. The molecule has 3 aromatic rings. The van der Waals surface area contributed by atoms with Crippen LogP contribution in [-0.2, 0) is 6.54 Å². The van der Waals surface area contributed by atoms with Gasteiger partial charge < -0.3 is 10.2 Å². The van der Waals surface area contributed by atoms with Gasteiger partial charge in [0, 0.05) is 50.8 Å². The number of rotatable bonds is 5. The van der Waals surface area contributed by atoms with Gasteiger partial charge in [0.1, 0.15) is 0 Å². The second kappa shape index (κ2) is 8.84. The summed E-state index contributed by atoms with van der Waals surface area (Å²) in [6.45, 7) is 6.13. The number of carbonyl (C=O) groups is 1. The Morgan fingerprint density at radius 3 is 2.38 bits per heavy atom. The third kappa shape index (κ3) is 4.97. The van der Waals surface area contributed by atoms with E-state index in [9.17, 15) is 4.79 Å². The molecule has 0 radical (unpaired) electrons. The molecule has 29 heavy (non-hydrogen) atoms. The van der Waals surface area contributed by atoms with E-state index >= 15 is 0 Å². The highest BCUT2D eigenvalue weighted by atomic mass is 16.2. The summed E-state index contributed by atoms with van der Waals surface area (Å²) in [7, 11) is 0. The molecular formula is C23H25N5O. The SMILES string of the molecule is Cc1cccc(Nc2ncc(C(=O)N3CCN(Cc4ccccc4)CC3)cn2)c1. The van der Waals surface area contributed by atoms with E-state index in [1.807, 2.05) is 42.2 Å². The van der Waals surface area contributed by atoms with Crippen LogP contribution in [0, 0.1) is 6.92 Å². The molecule has 1 aliphatic rings. The standard InChI is InChI=1S/C23H25N5O/c1-18-6-5-9-21(14-18)26-23-24-15-20(16-25-23)22(29)28-12-10-27(11-13-28)17-19-7-3-2-4-8-19/h2-9,14-16H,10-13,17H2,1H3,(H,24,25,26). The fourth-order valence-electron chi connectivity index (χ4n) is 3.49. The van der Waals surface area contributed by atoms with Crippen LogP contribution >= 0.6 is 0 Å². The minimum atomic E-state index is -0.00790. The lowest BCUT2D eigenvalue weighted by Gasteiger charge is -2.34. The van der Waals surface area contributed by atoms with E-state index in [2.05, 4.69) is 44.5 Å². The molecule has 1 fully saturated rings. The van der Waals surface area contributed by atoms with E-state index in [0.717, 1.165) is 44.0 Å². The summed E-state index contributed by atoms with van der Waals surface area (Å²) in [6, 6.07) is 18.4. The number of hydrogen-bond acceptors (Lipinski definition) is 5. The maximum absolute atomic E-state index is 12.8. The van der Waals surface area contributed by atoms with Gasteiger partial charge in [0.15, 0.2) is 0 Å². The Kier molecular flexibility index (Phi) is 5.81. The summed E-state index contributed by atoms with van der Waals surface area (Å²) in [6.07, 6.45) is 3.20. The Hall–Kier alpha value is -3.25. The van der Waals surface area contributed by atoms with Crippen molar-refractivity contribution >= 4 is 17.5 Å². The fourth-order valence-corrected chi connectivity index (χ4v) is 3.49. The zero-order valence-electron chi connectivity index (χ0n) is 16.6. The minimum Gasteiger partial charge on any atom is -0.336 e. The van der Waals surface area contributed by atoms with Gasteiger partial charge in [-0.15, -0.1) is 0 Å². The average molecular weight is 387 g/mol. The van der Waals surface area contributed by atoms with E-state index in [4.69, 9.17) is 0 Å². The lowest BCUT2D eigenvalue weighted by Crippen LogP contribution is -2.48. The molecular weight excluding hydrogens is 362 g/mol. The van der Waals surface area contributed by atoms with Crippen molar-refractivity contribution in [2.75, 3.05) is 31.5 Å². The maximum atomic E-state index is 12.8. The zero-order valence-corrected chi connectivity index (χ0v) is 16.6. The van der Waals surface area contributed by atoms with Gasteiger partial charge in [-0.2, -0.15) is 0 Å². The van der Waals surface area contributed by atoms with Crippen LogP contribution < -0.4 is 5.32 Å². The third-order valence-electron chi connectivity index (χ3n) is 5.08. The van der Waals surface area contributed by atoms with Gasteiger partial charge in [0.05, 0.1) is 5.56 Å². The highest BCUT2D eigenvalue weighted by molar-refractivity contribution is 5.93. The molecule has 2 aromatic carbocycles. The smallest absolute Gasteiger partial charge is 0.257 e. The lowest BCUT2D eigenvalue weighted by molar-refractivity contribution is 0.0627. The van der Waals surface area contributed by atoms with Gasteiger partial charge >= 0.3 is 0 Å². The monoisotopic (exact) mass is 387 g/mol. The Morgan fingerprint density at radius 2 is 1.69 bits per heavy atom. The first-order chi connectivity index (χ1) is 14.2. The van der Waals surface area contributed by atoms with Crippen molar-refractivity contribution in [3.8, 4) is 0 Å². The summed E-state index contributed by atoms with van der Waals surface area (Å²) in [5.41, 5.74) is 3.92. The second-order valence-corrected chi connectivity index (χ2v) is 7.34. The number of piperazine rings is 1.